The highest BCUT2D eigenvalue weighted by Crippen LogP contribution is 2.08. The fraction of sp³-hybridized carbons (Fsp3) is 0.385. The van der Waals surface area contributed by atoms with Gasteiger partial charge in [0.25, 0.3) is 0 Å². The van der Waals surface area contributed by atoms with Crippen LogP contribution in [-0.4, -0.2) is 20.8 Å². The van der Waals surface area contributed by atoms with Crippen LogP contribution in [0, 0.1) is 6.92 Å². The Morgan fingerprint density at radius 3 is 2.82 bits per heavy atom. The van der Waals surface area contributed by atoms with Crippen LogP contribution in [0.25, 0.3) is 5.69 Å². The lowest BCUT2D eigenvalue weighted by Gasteiger charge is -2.09. The van der Waals surface area contributed by atoms with E-state index in [1.807, 2.05) is 36.3 Å². The average molecular weight is 230 g/mol. The maximum absolute atomic E-state index is 4.37. The van der Waals surface area contributed by atoms with Crippen molar-refractivity contribution in [1.29, 1.82) is 0 Å². The van der Waals surface area contributed by atoms with Gasteiger partial charge < -0.3 is 5.32 Å². The molecule has 0 aliphatic carbocycles. The van der Waals surface area contributed by atoms with Crippen molar-refractivity contribution >= 4 is 0 Å². The molecule has 0 saturated heterocycles. The van der Waals surface area contributed by atoms with E-state index in [-0.39, 0.29) is 0 Å². The fourth-order valence-electron chi connectivity index (χ4n) is 1.58. The van der Waals surface area contributed by atoms with E-state index in [4.69, 9.17) is 0 Å². The van der Waals surface area contributed by atoms with E-state index in [0.717, 1.165) is 17.9 Å². The first kappa shape index (κ1) is 11.8. The van der Waals surface area contributed by atoms with Gasteiger partial charge in [-0.05, 0) is 24.6 Å². The van der Waals surface area contributed by atoms with Crippen LogP contribution in [0.3, 0.4) is 0 Å². The Kier molecular flexibility index (Phi) is 3.54. The van der Waals surface area contributed by atoms with E-state index < -0.39 is 0 Å². The standard InChI is InChI=1S/C13H18N4/c1-10(2)15-8-12-6-13(9-14-7-12)17-5-4-11(3)16-17/h4-7,9-10,15H,8H2,1-3H3. The average Bonchev–Trinajstić information content (AvgIpc) is 2.74. The maximum Gasteiger partial charge on any atom is 0.0832 e. The zero-order valence-corrected chi connectivity index (χ0v) is 10.5. The largest absolute Gasteiger partial charge is 0.310 e. The van der Waals surface area contributed by atoms with Gasteiger partial charge >= 0.3 is 0 Å². The van der Waals surface area contributed by atoms with Crippen molar-refractivity contribution < 1.29 is 0 Å². The van der Waals surface area contributed by atoms with Gasteiger partial charge in [-0.3, -0.25) is 4.98 Å². The quantitative estimate of drug-likeness (QED) is 0.874. The molecular weight excluding hydrogens is 212 g/mol. The summed E-state index contributed by atoms with van der Waals surface area (Å²) < 4.78 is 1.85. The molecule has 0 aliphatic heterocycles. The first-order valence-electron chi connectivity index (χ1n) is 5.85. The zero-order valence-electron chi connectivity index (χ0n) is 10.5. The molecule has 1 N–H and O–H groups in total. The minimum absolute atomic E-state index is 0.477. The van der Waals surface area contributed by atoms with Crippen molar-refractivity contribution in [2.45, 2.75) is 33.4 Å². The Hall–Kier alpha value is -1.68. The predicted octanol–water partition coefficient (Wildman–Crippen LogP) is 2.07. The fourth-order valence-corrected chi connectivity index (χ4v) is 1.58. The van der Waals surface area contributed by atoms with E-state index >= 15 is 0 Å². The molecule has 0 aromatic carbocycles. The van der Waals surface area contributed by atoms with Crippen LogP contribution in [0.4, 0.5) is 0 Å². The monoisotopic (exact) mass is 230 g/mol. The SMILES string of the molecule is Cc1ccn(-c2cncc(CNC(C)C)c2)n1. The molecule has 2 rings (SSSR count). The van der Waals surface area contributed by atoms with Gasteiger partial charge in [-0.2, -0.15) is 5.10 Å². The van der Waals surface area contributed by atoms with Crippen molar-refractivity contribution in [1.82, 2.24) is 20.1 Å². The van der Waals surface area contributed by atoms with E-state index in [2.05, 4.69) is 35.3 Å². The molecule has 4 heteroatoms. The van der Waals surface area contributed by atoms with Crippen LogP contribution < -0.4 is 5.32 Å². The van der Waals surface area contributed by atoms with Gasteiger partial charge in [-0.1, -0.05) is 13.8 Å². The van der Waals surface area contributed by atoms with Crippen molar-refractivity contribution in [3.63, 3.8) is 0 Å². The summed E-state index contributed by atoms with van der Waals surface area (Å²) in [6.45, 7) is 7.08. The molecule has 4 nitrogen and oxygen atoms in total. The number of aromatic nitrogens is 3. The summed E-state index contributed by atoms with van der Waals surface area (Å²) in [6, 6.07) is 4.57. The van der Waals surface area contributed by atoms with Crippen molar-refractivity contribution in [3.8, 4) is 5.69 Å². The first-order valence-corrected chi connectivity index (χ1v) is 5.85. The minimum atomic E-state index is 0.477. The normalized spacial score (nSPS) is 11.1. The molecule has 90 valence electrons. The van der Waals surface area contributed by atoms with Gasteiger partial charge in [0.1, 0.15) is 0 Å². The maximum atomic E-state index is 4.37. The van der Waals surface area contributed by atoms with E-state index in [1.165, 1.54) is 5.56 Å². The number of rotatable bonds is 4. The number of hydrogen-bond acceptors (Lipinski definition) is 3. The summed E-state index contributed by atoms with van der Waals surface area (Å²) in [6.07, 6.45) is 5.66. The van der Waals surface area contributed by atoms with Crippen molar-refractivity contribution in [2.24, 2.45) is 0 Å². The van der Waals surface area contributed by atoms with Gasteiger partial charge in [0.05, 0.1) is 17.6 Å². The topological polar surface area (TPSA) is 42.7 Å². The molecule has 0 spiro atoms. The lowest BCUT2D eigenvalue weighted by Crippen LogP contribution is -2.21. The molecule has 2 aromatic rings. The lowest BCUT2D eigenvalue weighted by molar-refractivity contribution is 0.587. The molecule has 0 radical (unpaired) electrons. The molecule has 0 unspecified atom stereocenters. The van der Waals surface area contributed by atoms with Crippen LogP contribution in [0.5, 0.6) is 0 Å². The van der Waals surface area contributed by atoms with Crippen molar-refractivity contribution in [2.75, 3.05) is 0 Å². The smallest absolute Gasteiger partial charge is 0.0832 e. The zero-order chi connectivity index (χ0) is 12.3. The molecule has 0 fully saturated rings. The predicted molar refractivity (Wildman–Crippen MR) is 68.1 cm³/mol. The Labute approximate surface area is 102 Å². The van der Waals surface area contributed by atoms with Crippen LogP contribution in [-0.2, 0) is 6.54 Å². The number of aryl methyl sites for hydroxylation is 1. The molecule has 0 saturated carbocycles. The molecule has 2 heterocycles. The second kappa shape index (κ2) is 5.10. The number of pyridine rings is 1. The Bertz CT molecular complexity index is 488. The molecule has 0 aliphatic rings. The Morgan fingerprint density at radius 2 is 2.18 bits per heavy atom. The van der Waals surface area contributed by atoms with Gasteiger partial charge in [0, 0.05) is 25.0 Å². The third-order valence-electron chi connectivity index (χ3n) is 2.48. The summed E-state index contributed by atoms with van der Waals surface area (Å²) in [5.74, 6) is 0. The summed E-state index contributed by atoms with van der Waals surface area (Å²) in [7, 11) is 0. The third kappa shape index (κ3) is 3.14. The molecule has 0 atom stereocenters. The highest BCUT2D eigenvalue weighted by molar-refractivity contribution is 5.31. The molecule has 0 amide bonds. The highest BCUT2D eigenvalue weighted by atomic mass is 15.3. The van der Waals surface area contributed by atoms with Crippen LogP contribution in [0.2, 0.25) is 0 Å². The second-order valence-corrected chi connectivity index (χ2v) is 4.49. The first-order chi connectivity index (χ1) is 8.15. The molecular formula is C13H18N4. The Balaban J connectivity index is 2.16. The molecule has 17 heavy (non-hydrogen) atoms. The number of hydrogen-bond donors (Lipinski definition) is 1. The number of nitrogens with zero attached hydrogens (tertiary/aromatic N) is 3. The Morgan fingerprint density at radius 1 is 1.35 bits per heavy atom. The van der Waals surface area contributed by atoms with Gasteiger partial charge in [-0.15, -0.1) is 0 Å². The van der Waals surface area contributed by atoms with Crippen LogP contribution in [0.1, 0.15) is 25.1 Å². The summed E-state index contributed by atoms with van der Waals surface area (Å²) in [4.78, 5) is 4.25. The van der Waals surface area contributed by atoms with Crippen LogP contribution >= 0.6 is 0 Å². The summed E-state index contributed by atoms with van der Waals surface area (Å²) >= 11 is 0. The van der Waals surface area contributed by atoms with Gasteiger partial charge in [0.2, 0.25) is 0 Å². The molecule has 2 aromatic heterocycles. The second-order valence-electron chi connectivity index (χ2n) is 4.49. The van der Waals surface area contributed by atoms with Gasteiger partial charge in [0.15, 0.2) is 0 Å². The molecule has 0 bridgehead atoms. The van der Waals surface area contributed by atoms with Crippen LogP contribution in [0.15, 0.2) is 30.7 Å². The van der Waals surface area contributed by atoms with Gasteiger partial charge in [-0.25, -0.2) is 4.68 Å². The highest BCUT2D eigenvalue weighted by Gasteiger charge is 2.01. The van der Waals surface area contributed by atoms with E-state index in [0.29, 0.717) is 6.04 Å². The van der Waals surface area contributed by atoms with E-state index in [1.54, 1.807) is 0 Å². The lowest BCUT2D eigenvalue weighted by atomic mass is 10.2. The number of nitrogens with one attached hydrogen (secondary N) is 1. The minimum Gasteiger partial charge on any atom is -0.310 e. The summed E-state index contributed by atoms with van der Waals surface area (Å²) in [5.41, 5.74) is 3.18. The summed E-state index contributed by atoms with van der Waals surface area (Å²) in [5, 5.41) is 7.75. The van der Waals surface area contributed by atoms with Crippen molar-refractivity contribution in [3.05, 3.63) is 42.0 Å². The van der Waals surface area contributed by atoms with E-state index in [9.17, 15) is 0 Å². The third-order valence-corrected chi connectivity index (χ3v) is 2.48.